The van der Waals surface area contributed by atoms with Crippen LogP contribution in [0.4, 0.5) is 10.1 Å². The van der Waals surface area contributed by atoms with Gasteiger partial charge in [0.15, 0.2) is 0 Å². The molecule has 20 heavy (non-hydrogen) atoms. The fraction of sp³-hybridized carbons (Fsp3) is 0.538. The molecule has 3 N–H and O–H groups in total. The number of anilines is 1. The number of nitrogens with zero attached hydrogens (tertiary/aromatic N) is 1. The van der Waals surface area contributed by atoms with Crippen LogP contribution in [0.15, 0.2) is 17.0 Å². The summed E-state index contributed by atoms with van der Waals surface area (Å²) >= 11 is 0. The lowest BCUT2D eigenvalue weighted by atomic mass is 10.2. The molecule has 5 nitrogen and oxygen atoms in total. The quantitative estimate of drug-likeness (QED) is 0.590. The monoisotopic (exact) mass is 304 g/mol. The Hall–Kier alpha value is -1.18. The Morgan fingerprint density at radius 3 is 2.55 bits per heavy atom. The number of benzene rings is 1. The van der Waals surface area contributed by atoms with Crippen molar-refractivity contribution < 1.29 is 17.9 Å². The highest BCUT2D eigenvalue weighted by Gasteiger charge is 2.25. The summed E-state index contributed by atoms with van der Waals surface area (Å²) in [7, 11) is -2.48. The van der Waals surface area contributed by atoms with Crippen LogP contribution in [0.25, 0.3) is 0 Å². The number of halogens is 1. The first kappa shape index (κ1) is 16.9. The van der Waals surface area contributed by atoms with E-state index < -0.39 is 15.8 Å². The van der Waals surface area contributed by atoms with Gasteiger partial charge in [-0.1, -0.05) is 0 Å². The molecule has 0 aliphatic heterocycles. The zero-order valence-corrected chi connectivity index (χ0v) is 12.6. The Kier molecular flexibility index (Phi) is 5.91. The van der Waals surface area contributed by atoms with Gasteiger partial charge < -0.3 is 10.8 Å². The van der Waals surface area contributed by atoms with Gasteiger partial charge >= 0.3 is 0 Å². The Morgan fingerprint density at radius 2 is 1.95 bits per heavy atom. The van der Waals surface area contributed by atoms with Crippen molar-refractivity contribution in [3.8, 4) is 0 Å². The summed E-state index contributed by atoms with van der Waals surface area (Å²) in [5.41, 5.74) is 6.01. The molecule has 0 saturated carbocycles. The molecule has 0 fully saturated rings. The molecule has 0 unspecified atom stereocenters. The van der Waals surface area contributed by atoms with Crippen LogP contribution in [-0.2, 0) is 10.0 Å². The maximum Gasteiger partial charge on any atom is 0.245 e. The minimum Gasteiger partial charge on any atom is -0.399 e. The Labute approximate surface area is 119 Å². The van der Waals surface area contributed by atoms with E-state index >= 15 is 0 Å². The molecule has 0 aromatic heterocycles. The number of sulfonamides is 1. The van der Waals surface area contributed by atoms with Gasteiger partial charge in [0, 0.05) is 25.9 Å². The second kappa shape index (κ2) is 7.01. The molecule has 1 aromatic carbocycles. The average Bonchev–Trinajstić information content (AvgIpc) is 2.38. The Bertz CT molecular complexity index is 561. The van der Waals surface area contributed by atoms with Gasteiger partial charge in [-0.15, -0.1) is 0 Å². The van der Waals surface area contributed by atoms with E-state index in [2.05, 4.69) is 0 Å². The summed E-state index contributed by atoms with van der Waals surface area (Å²) in [6.07, 6.45) is 1.95. The van der Waals surface area contributed by atoms with Gasteiger partial charge in [0.1, 0.15) is 10.7 Å². The van der Waals surface area contributed by atoms with Crippen LogP contribution in [0.1, 0.15) is 24.8 Å². The molecule has 0 aliphatic rings. The van der Waals surface area contributed by atoms with E-state index in [4.69, 9.17) is 10.8 Å². The highest BCUT2D eigenvalue weighted by molar-refractivity contribution is 7.89. The summed E-state index contributed by atoms with van der Waals surface area (Å²) in [5.74, 6) is -0.763. The molecule has 0 atom stereocenters. The average molecular weight is 304 g/mol. The lowest BCUT2D eigenvalue weighted by Crippen LogP contribution is -2.29. The minimum atomic E-state index is -3.89. The van der Waals surface area contributed by atoms with Gasteiger partial charge in [0.05, 0.1) is 0 Å². The molecular formula is C13H21FN2O3S. The number of hydrogen-bond acceptors (Lipinski definition) is 4. The number of aliphatic hydroxyl groups excluding tert-OH is 1. The molecule has 1 aromatic rings. The zero-order valence-electron chi connectivity index (χ0n) is 11.8. The minimum absolute atomic E-state index is 0.0828. The normalized spacial score (nSPS) is 12.1. The number of rotatable bonds is 7. The van der Waals surface area contributed by atoms with Crippen molar-refractivity contribution in [2.75, 3.05) is 25.9 Å². The molecular weight excluding hydrogens is 283 g/mol. The van der Waals surface area contributed by atoms with E-state index in [-0.39, 0.29) is 29.3 Å². The number of aryl methyl sites for hydroxylation is 1. The third-order valence-corrected chi connectivity index (χ3v) is 4.92. The molecule has 0 spiro atoms. The van der Waals surface area contributed by atoms with E-state index in [1.54, 1.807) is 0 Å². The summed E-state index contributed by atoms with van der Waals surface area (Å²) in [5, 5.41) is 8.67. The van der Waals surface area contributed by atoms with Gasteiger partial charge in [-0.25, -0.2) is 17.1 Å². The van der Waals surface area contributed by atoms with Crippen LogP contribution >= 0.6 is 0 Å². The van der Waals surface area contributed by atoms with Gasteiger partial charge in [0.2, 0.25) is 10.0 Å². The van der Waals surface area contributed by atoms with Crippen molar-refractivity contribution in [3.63, 3.8) is 0 Å². The highest BCUT2D eigenvalue weighted by atomic mass is 32.2. The predicted molar refractivity (Wildman–Crippen MR) is 76.3 cm³/mol. The lowest BCUT2D eigenvalue weighted by Gasteiger charge is -2.18. The molecule has 0 heterocycles. The van der Waals surface area contributed by atoms with Crippen LogP contribution in [0.5, 0.6) is 0 Å². The summed E-state index contributed by atoms with van der Waals surface area (Å²) in [6, 6.07) is 2.54. The first-order valence-corrected chi connectivity index (χ1v) is 7.87. The fourth-order valence-electron chi connectivity index (χ4n) is 1.86. The smallest absolute Gasteiger partial charge is 0.245 e. The van der Waals surface area contributed by atoms with Gasteiger partial charge in [-0.2, -0.15) is 0 Å². The van der Waals surface area contributed by atoms with Crippen LogP contribution in [0.2, 0.25) is 0 Å². The number of nitrogens with two attached hydrogens (primary N) is 1. The SMILES string of the molecule is Cc1cc(N)cc(S(=O)(=O)N(C)CCCCCO)c1F. The van der Waals surface area contributed by atoms with Crippen molar-refractivity contribution in [2.45, 2.75) is 31.1 Å². The predicted octanol–water partition coefficient (Wildman–Crippen LogP) is 1.50. The van der Waals surface area contributed by atoms with Crippen molar-refractivity contribution in [1.29, 1.82) is 0 Å². The number of hydrogen-bond donors (Lipinski definition) is 2. The lowest BCUT2D eigenvalue weighted by molar-refractivity contribution is 0.281. The van der Waals surface area contributed by atoms with Crippen molar-refractivity contribution in [3.05, 3.63) is 23.5 Å². The van der Waals surface area contributed by atoms with Crippen molar-refractivity contribution in [1.82, 2.24) is 4.31 Å². The topological polar surface area (TPSA) is 83.6 Å². The van der Waals surface area contributed by atoms with E-state index in [1.807, 2.05) is 0 Å². The zero-order chi connectivity index (χ0) is 15.3. The Morgan fingerprint density at radius 1 is 1.30 bits per heavy atom. The maximum atomic E-state index is 14.0. The third-order valence-electron chi connectivity index (χ3n) is 3.06. The first-order valence-electron chi connectivity index (χ1n) is 6.43. The van der Waals surface area contributed by atoms with Crippen molar-refractivity contribution >= 4 is 15.7 Å². The molecule has 7 heteroatoms. The van der Waals surface area contributed by atoms with Gasteiger partial charge in [-0.05, 0) is 43.9 Å². The fourth-order valence-corrected chi connectivity index (χ4v) is 3.24. The van der Waals surface area contributed by atoms with Crippen LogP contribution in [-0.4, -0.2) is 38.0 Å². The van der Waals surface area contributed by atoms with Crippen LogP contribution in [0.3, 0.4) is 0 Å². The van der Waals surface area contributed by atoms with Crippen LogP contribution < -0.4 is 5.73 Å². The standard InChI is InChI=1S/C13H21FN2O3S/c1-10-8-11(15)9-12(13(10)14)20(18,19)16(2)6-4-3-5-7-17/h8-9,17H,3-7,15H2,1-2H3. The molecule has 1 rings (SSSR count). The second-order valence-electron chi connectivity index (χ2n) is 4.76. The van der Waals surface area contributed by atoms with E-state index in [1.165, 1.54) is 20.0 Å². The third kappa shape index (κ3) is 3.91. The molecule has 0 bridgehead atoms. The van der Waals surface area contributed by atoms with Crippen LogP contribution in [0, 0.1) is 12.7 Å². The summed E-state index contributed by atoms with van der Waals surface area (Å²) in [4.78, 5) is -0.389. The van der Waals surface area contributed by atoms with E-state index in [9.17, 15) is 12.8 Å². The van der Waals surface area contributed by atoms with E-state index in [0.717, 1.165) is 16.8 Å². The molecule has 114 valence electrons. The molecule has 0 saturated heterocycles. The maximum absolute atomic E-state index is 14.0. The molecule has 0 aliphatic carbocycles. The largest absolute Gasteiger partial charge is 0.399 e. The Balaban J connectivity index is 2.93. The number of nitrogen functional groups attached to an aromatic ring is 1. The second-order valence-corrected chi connectivity index (χ2v) is 6.77. The summed E-state index contributed by atoms with van der Waals surface area (Å²) < 4.78 is 39.7. The molecule has 0 radical (unpaired) electrons. The van der Waals surface area contributed by atoms with Crippen molar-refractivity contribution in [2.24, 2.45) is 0 Å². The van der Waals surface area contributed by atoms with Gasteiger partial charge in [-0.3, -0.25) is 0 Å². The summed E-state index contributed by atoms with van der Waals surface area (Å²) in [6.45, 7) is 1.83. The van der Waals surface area contributed by atoms with Gasteiger partial charge in [0.25, 0.3) is 0 Å². The first-order chi connectivity index (χ1) is 9.30. The number of unbranched alkanes of at least 4 members (excludes halogenated alkanes) is 2. The molecule has 0 amide bonds. The number of aliphatic hydroxyl groups is 1. The highest BCUT2D eigenvalue weighted by Crippen LogP contribution is 2.24. The van der Waals surface area contributed by atoms with E-state index in [0.29, 0.717) is 12.8 Å².